The molecular formula is C20H23F3N8O. The molecule has 1 aliphatic rings. The van der Waals surface area contributed by atoms with Crippen molar-refractivity contribution in [1.82, 2.24) is 34.4 Å². The van der Waals surface area contributed by atoms with E-state index in [-0.39, 0.29) is 11.5 Å². The molecule has 0 amide bonds. The summed E-state index contributed by atoms with van der Waals surface area (Å²) in [5, 5.41) is 8.84. The van der Waals surface area contributed by atoms with Gasteiger partial charge in [-0.3, -0.25) is 9.69 Å². The highest BCUT2D eigenvalue weighted by molar-refractivity contribution is 5.31. The lowest BCUT2D eigenvalue weighted by Gasteiger charge is -2.34. The molecule has 0 bridgehead atoms. The smallest absolute Gasteiger partial charge is 0.338 e. The molecule has 0 saturated carbocycles. The second-order valence-corrected chi connectivity index (χ2v) is 7.66. The van der Waals surface area contributed by atoms with E-state index in [1.807, 2.05) is 19.9 Å². The Bertz CT molecular complexity index is 1150. The van der Waals surface area contributed by atoms with Crippen LogP contribution in [0.4, 0.5) is 19.1 Å². The van der Waals surface area contributed by atoms with Gasteiger partial charge >= 0.3 is 6.18 Å². The summed E-state index contributed by atoms with van der Waals surface area (Å²) in [6, 6.07) is 5.92. The lowest BCUT2D eigenvalue weighted by atomic mass is 10.3. The van der Waals surface area contributed by atoms with Crippen LogP contribution in [-0.2, 0) is 12.7 Å². The Morgan fingerprint density at radius 2 is 1.75 bits per heavy atom. The van der Waals surface area contributed by atoms with Crippen molar-refractivity contribution in [2.45, 2.75) is 26.6 Å². The van der Waals surface area contributed by atoms with Crippen LogP contribution in [0.1, 0.15) is 17.1 Å². The van der Waals surface area contributed by atoms with Crippen molar-refractivity contribution in [3.05, 3.63) is 57.9 Å². The molecule has 1 fully saturated rings. The standard InChI is InChI=1S/C20H23F3N8O/c1-14-13-15(2)31(26-14)17-3-4-18(32)30(27-17)12-9-28-7-10-29(11-8-28)19-24-6-5-16(25-19)20(21,22)23/h3-6,13H,7-12H2,1-2H3. The van der Waals surface area contributed by atoms with Crippen LogP contribution >= 0.6 is 0 Å². The summed E-state index contributed by atoms with van der Waals surface area (Å²) in [4.78, 5) is 23.8. The molecule has 1 aliphatic heterocycles. The van der Waals surface area contributed by atoms with E-state index in [0.29, 0.717) is 45.1 Å². The van der Waals surface area contributed by atoms with Crippen molar-refractivity contribution in [3.8, 4) is 5.82 Å². The van der Waals surface area contributed by atoms with Gasteiger partial charge in [0, 0.05) is 50.7 Å². The van der Waals surface area contributed by atoms with E-state index in [4.69, 9.17) is 0 Å². The number of nitrogens with zero attached hydrogens (tertiary/aromatic N) is 8. The number of alkyl halides is 3. The van der Waals surface area contributed by atoms with E-state index in [1.54, 1.807) is 15.6 Å². The first-order chi connectivity index (χ1) is 15.2. The topological polar surface area (TPSA) is 85.0 Å². The van der Waals surface area contributed by atoms with Gasteiger partial charge in [-0.2, -0.15) is 18.3 Å². The SMILES string of the molecule is Cc1cc(C)n(-c2ccc(=O)n(CCN3CCN(c4nccc(C(F)(F)F)n4)CC3)n2)n1. The van der Waals surface area contributed by atoms with Gasteiger partial charge in [0.2, 0.25) is 5.95 Å². The second kappa shape index (κ2) is 8.69. The molecule has 0 spiro atoms. The highest BCUT2D eigenvalue weighted by Crippen LogP contribution is 2.28. The molecule has 3 aromatic rings. The third-order valence-electron chi connectivity index (χ3n) is 5.30. The maximum Gasteiger partial charge on any atom is 0.433 e. The Kier molecular flexibility index (Phi) is 5.96. The molecule has 0 N–H and O–H groups in total. The monoisotopic (exact) mass is 448 g/mol. The van der Waals surface area contributed by atoms with Gasteiger partial charge in [-0.1, -0.05) is 0 Å². The van der Waals surface area contributed by atoms with Crippen LogP contribution in [0.25, 0.3) is 5.82 Å². The van der Waals surface area contributed by atoms with Crippen molar-refractivity contribution in [2.75, 3.05) is 37.6 Å². The zero-order chi connectivity index (χ0) is 22.9. The molecule has 0 atom stereocenters. The predicted octanol–water partition coefficient (Wildman–Crippen LogP) is 1.68. The summed E-state index contributed by atoms with van der Waals surface area (Å²) in [6.45, 7) is 7.02. The van der Waals surface area contributed by atoms with E-state index >= 15 is 0 Å². The van der Waals surface area contributed by atoms with Gasteiger partial charge in [-0.15, -0.1) is 5.10 Å². The summed E-state index contributed by atoms with van der Waals surface area (Å²) in [5.74, 6) is 0.650. The molecule has 9 nitrogen and oxygen atoms in total. The van der Waals surface area contributed by atoms with Crippen LogP contribution in [-0.4, -0.2) is 67.2 Å². The van der Waals surface area contributed by atoms with E-state index in [9.17, 15) is 18.0 Å². The van der Waals surface area contributed by atoms with E-state index in [0.717, 1.165) is 23.7 Å². The van der Waals surface area contributed by atoms with Gasteiger partial charge in [-0.25, -0.2) is 19.3 Å². The number of aryl methyl sites for hydroxylation is 2. The number of hydrogen-bond donors (Lipinski definition) is 0. The summed E-state index contributed by atoms with van der Waals surface area (Å²) < 4.78 is 41.8. The minimum atomic E-state index is -4.50. The molecule has 4 rings (SSSR count). The molecule has 3 aromatic heterocycles. The van der Waals surface area contributed by atoms with E-state index in [1.165, 1.54) is 10.7 Å². The molecule has 32 heavy (non-hydrogen) atoms. The van der Waals surface area contributed by atoms with Gasteiger partial charge < -0.3 is 4.90 Å². The Morgan fingerprint density at radius 3 is 2.41 bits per heavy atom. The molecular weight excluding hydrogens is 425 g/mol. The molecule has 170 valence electrons. The van der Waals surface area contributed by atoms with Crippen molar-refractivity contribution >= 4 is 5.95 Å². The Hall–Kier alpha value is -3.28. The molecule has 4 heterocycles. The maximum absolute atomic E-state index is 12.9. The predicted molar refractivity (Wildman–Crippen MR) is 111 cm³/mol. The number of halogens is 3. The number of rotatable bonds is 5. The first-order valence-electron chi connectivity index (χ1n) is 10.2. The molecule has 1 saturated heterocycles. The van der Waals surface area contributed by atoms with Gasteiger partial charge in [0.05, 0.1) is 12.2 Å². The highest BCUT2D eigenvalue weighted by Gasteiger charge is 2.33. The van der Waals surface area contributed by atoms with Crippen molar-refractivity contribution in [1.29, 1.82) is 0 Å². The molecule has 0 radical (unpaired) electrons. The van der Waals surface area contributed by atoms with Gasteiger partial charge in [0.25, 0.3) is 5.56 Å². The summed E-state index contributed by atoms with van der Waals surface area (Å²) in [5.41, 5.74) is 0.641. The summed E-state index contributed by atoms with van der Waals surface area (Å²) in [6.07, 6.45) is -3.37. The number of aromatic nitrogens is 6. The molecule has 12 heteroatoms. The van der Waals surface area contributed by atoms with E-state index in [2.05, 4.69) is 25.1 Å². The number of piperazine rings is 1. The quantitative estimate of drug-likeness (QED) is 0.587. The lowest BCUT2D eigenvalue weighted by molar-refractivity contribution is -0.141. The first kappa shape index (κ1) is 21.9. The Labute approximate surface area is 182 Å². The van der Waals surface area contributed by atoms with Gasteiger partial charge in [-0.05, 0) is 32.0 Å². The van der Waals surface area contributed by atoms with Gasteiger partial charge in [0.15, 0.2) is 5.82 Å². The number of anilines is 1. The largest absolute Gasteiger partial charge is 0.433 e. The Morgan fingerprint density at radius 1 is 1.00 bits per heavy atom. The first-order valence-corrected chi connectivity index (χ1v) is 10.2. The summed E-state index contributed by atoms with van der Waals surface area (Å²) >= 11 is 0. The van der Waals surface area contributed by atoms with Crippen molar-refractivity contribution in [3.63, 3.8) is 0 Å². The Balaban J connectivity index is 1.37. The highest BCUT2D eigenvalue weighted by atomic mass is 19.4. The third kappa shape index (κ3) is 4.79. The minimum Gasteiger partial charge on any atom is -0.338 e. The van der Waals surface area contributed by atoms with Crippen molar-refractivity contribution in [2.24, 2.45) is 0 Å². The van der Waals surface area contributed by atoms with Crippen LogP contribution in [0.5, 0.6) is 0 Å². The maximum atomic E-state index is 12.9. The molecule has 0 unspecified atom stereocenters. The van der Waals surface area contributed by atoms with Crippen LogP contribution in [0, 0.1) is 13.8 Å². The zero-order valence-corrected chi connectivity index (χ0v) is 17.7. The fraction of sp³-hybridized carbons (Fsp3) is 0.450. The summed E-state index contributed by atoms with van der Waals surface area (Å²) in [7, 11) is 0. The average Bonchev–Trinajstić information content (AvgIpc) is 3.11. The van der Waals surface area contributed by atoms with Crippen LogP contribution < -0.4 is 10.5 Å². The van der Waals surface area contributed by atoms with E-state index < -0.39 is 11.9 Å². The van der Waals surface area contributed by atoms with Gasteiger partial charge in [0.1, 0.15) is 5.69 Å². The normalized spacial score (nSPS) is 15.3. The second-order valence-electron chi connectivity index (χ2n) is 7.66. The molecule has 0 aliphatic carbocycles. The zero-order valence-electron chi connectivity index (χ0n) is 17.7. The van der Waals surface area contributed by atoms with Crippen LogP contribution in [0.15, 0.2) is 35.3 Å². The molecule has 0 aromatic carbocycles. The van der Waals surface area contributed by atoms with Crippen LogP contribution in [0.3, 0.4) is 0 Å². The van der Waals surface area contributed by atoms with Crippen molar-refractivity contribution < 1.29 is 13.2 Å². The number of hydrogen-bond acceptors (Lipinski definition) is 7. The average molecular weight is 448 g/mol. The minimum absolute atomic E-state index is 0.0787. The third-order valence-corrected chi connectivity index (χ3v) is 5.30. The van der Waals surface area contributed by atoms with Crippen LogP contribution in [0.2, 0.25) is 0 Å². The lowest BCUT2D eigenvalue weighted by Crippen LogP contribution is -2.48. The fourth-order valence-electron chi connectivity index (χ4n) is 3.64. The fourth-order valence-corrected chi connectivity index (χ4v) is 3.64.